The van der Waals surface area contributed by atoms with Gasteiger partial charge in [0.2, 0.25) is 0 Å². The van der Waals surface area contributed by atoms with Crippen molar-refractivity contribution in [3.8, 4) is 0 Å². The van der Waals surface area contributed by atoms with Crippen molar-refractivity contribution in [3.05, 3.63) is 0 Å². The Bertz CT molecular complexity index is 379. The van der Waals surface area contributed by atoms with E-state index in [1.165, 1.54) is 19.3 Å². The fourth-order valence-corrected chi connectivity index (χ4v) is 3.82. The van der Waals surface area contributed by atoms with Crippen molar-refractivity contribution >= 4 is 23.5 Å². The average molecular weight is 345 g/mol. The molecule has 23 heavy (non-hydrogen) atoms. The number of ether oxygens (including phenoxy) is 2. The van der Waals surface area contributed by atoms with Crippen LogP contribution < -0.4 is 0 Å². The van der Waals surface area contributed by atoms with Crippen LogP contribution in [0.15, 0.2) is 0 Å². The largest absolute Gasteiger partial charge is 0.465 e. The van der Waals surface area contributed by atoms with E-state index < -0.39 is 0 Å². The van der Waals surface area contributed by atoms with Gasteiger partial charge in [-0.1, -0.05) is 32.1 Å². The highest BCUT2D eigenvalue weighted by molar-refractivity contribution is 6.20. The molecule has 2 rings (SSSR count). The second kappa shape index (κ2) is 10.2. The molecule has 0 radical (unpaired) electrons. The van der Waals surface area contributed by atoms with Crippen molar-refractivity contribution in [1.29, 1.82) is 0 Å². The van der Waals surface area contributed by atoms with Gasteiger partial charge >= 0.3 is 11.9 Å². The lowest BCUT2D eigenvalue weighted by Crippen LogP contribution is -2.26. The van der Waals surface area contributed by atoms with Gasteiger partial charge in [-0.3, -0.25) is 9.59 Å². The van der Waals surface area contributed by atoms with E-state index in [0.29, 0.717) is 19.1 Å². The molecule has 132 valence electrons. The first-order valence-corrected chi connectivity index (χ1v) is 9.54. The van der Waals surface area contributed by atoms with E-state index in [1.807, 2.05) is 0 Å². The summed E-state index contributed by atoms with van der Waals surface area (Å²) in [5.74, 6) is 0.147. The zero-order valence-corrected chi connectivity index (χ0v) is 14.7. The number of alkyl halides is 1. The predicted molar refractivity (Wildman–Crippen MR) is 89.3 cm³/mol. The Labute approximate surface area is 144 Å². The van der Waals surface area contributed by atoms with Crippen molar-refractivity contribution in [1.82, 2.24) is 0 Å². The number of carbonyl (C=O) groups excluding carboxylic acids is 2. The number of hydrogen-bond acceptors (Lipinski definition) is 4. The third kappa shape index (κ3) is 7.11. The molecule has 5 heteroatoms. The maximum atomic E-state index is 11.7. The molecule has 2 atom stereocenters. The summed E-state index contributed by atoms with van der Waals surface area (Å²) in [6.45, 7) is 0.883. The second-order valence-electron chi connectivity index (χ2n) is 6.93. The molecule has 0 heterocycles. The van der Waals surface area contributed by atoms with Gasteiger partial charge in [0.25, 0.3) is 0 Å². The fourth-order valence-electron chi connectivity index (χ4n) is 3.46. The molecule has 2 aliphatic carbocycles. The first-order chi connectivity index (χ1) is 11.1. The molecule has 2 fully saturated rings. The van der Waals surface area contributed by atoms with Crippen molar-refractivity contribution in [2.75, 3.05) is 13.2 Å². The number of hydrogen-bond donors (Lipinski definition) is 0. The monoisotopic (exact) mass is 344 g/mol. The molecule has 0 amide bonds. The maximum absolute atomic E-state index is 11.7. The molecule has 2 unspecified atom stereocenters. The Morgan fingerprint density at radius 1 is 0.783 bits per heavy atom. The molecule has 0 aromatic carbocycles. The molecule has 2 aliphatic rings. The smallest absolute Gasteiger partial charge is 0.306 e. The first-order valence-electron chi connectivity index (χ1n) is 9.10. The van der Waals surface area contributed by atoms with Gasteiger partial charge in [0, 0.05) is 11.3 Å². The van der Waals surface area contributed by atoms with Crippen LogP contribution in [0.4, 0.5) is 0 Å². The van der Waals surface area contributed by atoms with Gasteiger partial charge in [0.15, 0.2) is 0 Å². The van der Waals surface area contributed by atoms with Crippen molar-refractivity contribution in [3.63, 3.8) is 0 Å². The van der Waals surface area contributed by atoms with Gasteiger partial charge in [0.05, 0.1) is 26.1 Å². The lowest BCUT2D eigenvalue weighted by atomic mass is 9.89. The van der Waals surface area contributed by atoms with Crippen LogP contribution in [-0.4, -0.2) is 30.5 Å². The Morgan fingerprint density at radius 2 is 1.35 bits per heavy atom. The minimum Gasteiger partial charge on any atom is -0.465 e. The van der Waals surface area contributed by atoms with Crippen LogP contribution in [0.5, 0.6) is 0 Å². The van der Waals surface area contributed by atoms with E-state index in [4.69, 9.17) is 21.1 Å². The van der Waals surface area contributed by atoms with Crippen molar-refractivity contribution < 1.29 is 19.1 Å². The van der Waals surface area contributed by atoms with E-state index in [2.05, 4.69) is 0 Å². The molecule has 0 aromatic heterocycles. The summed E-state index contributed by atoms with van der Waals surface area (Å²) < 4.78 is 10.5. The molecule has 0 spiro atoms. The lowest BCUT2D eigenvalue weighted by molar-refractivity contribution is -0.152. The van der Waals surface area contributed by atoms with Gasteiger partial charge in [0.1, 0.15) is 0 Å². The van der Waals surface area contributed by atoms with Crippen LogP contribution in [0.1, 0.15) is 70.6 Å². The van der Waals surface area contributed by atoms with Crippen LogP contribution >= 0.6 is 11.6 Å². The maximum Gasteiger partial charge on any atom is 0.306 e. The molecule has 0 aromatic rings. The Kier molecular flexibility index (Phi) is 8.21. The summed E-state index contributed by atoms with van der Waals surface area (Å²) in [6.07, 6.45) is 10.6. The standard InChI is InChI=1S/C18H29ClO4/c19-16-9-5-4-8-15(16)13-23-18(21)11-10-17(20)22-12-14-6-2-1-3-7-14/h14-16H,1-13H2. The van der Waals surface area contributed by atoms with E-state index in [9.17, 15) is 9.59 Å². The zero-order chi connectivity index (χ0) is 16.5. The number of halogens is 1. The fraction of sp³-hybridized carbons (Fsp3) is 0.889. The van der Waals surface area contributed by atoms with E-state index >= 15 is 0 Å². The zero-order valence-electron chi connectivity index (χ0n) is 13.9. The van der Waals surface area contributed by atoms with Gasteiger partial charge in [-0.2, -0.15) is 0 Å². The van der Waals surface area contributed by atoms with Gasteiger partial charge < -0.3 is 9.47 Å². The minimum atomic E-state index is -0.325. The van der Waals surface area contributed by atoms with Crippen LogP contribution in [0.2, 0.25) is 0 Å². The van der Waals surface area contributed by atoms with E-state index in [0.717, 1.165) is 38.5 Å². The van der Waals surface area contributed by atoms with Crippen LogP contribution in [-0.2, 0) is 19.1 Å². The van der Waals surface area contributed by atoms with Gasteiger partial charge in [-0.15, -0.1) is 11.6 Å². The van der Waals surface area contributed by atoms with Crippen molar-refractivity contribution in [2.45, 2.75) is 76.0 Å². The third-order valence-electron chi connectivity index (χ3n) is 5.01. The highest BCUT2D eigenvalue weighted by atomic mass is 35.5. The Hall–Kier alpha value is -0.770. The second-order valence-corrected chi connectivity index (χ2v) is 7.49. The topological polar surface area (TPSA) is 52.6 Å². The molecule has 0 bridgehead atoms. The quantitative estimate of drug-likeness (QED) is 0.512. The SMILES string of the molecule is O=C(CCC(=O)OCC1CCCCC1Cl)OCC1CCCCC1. The summed E-state index contributed by atoms with van der Waals surface area (Å²) in [5, 5.41) is 0.108. The minimum absolute atomic E-state index is 0.100. The lowest BCUT2D eigenvalue weighted by Gasteiger charge is -2.26. The summed E-state index contributed by atoms with van der Waals surface area (Å²) in [5.41, 5.74) is 0. The van der Waals surface area contributed by atoms with Crippen LogP contribution in [0.3, 0.4) is 0 Å². The average Bonchev–Trinajstić information content (AvgIpc) is 2.58. The molecular weight excluding hydrogens is 316 g/mol. The molecular formula is C18H29ClO4. The van der Waals surface area contributed by atoms with Gasteiger partial charge in [-0.05, 0) is 31.6 Å². The van der Waals surface area contributed by atoms with E-state index in [1.54, 1.807) is 0 Å². The predicted octanol–water partition coefficient (Wildman–Crippen LogP) is 4.23. The summed E-state index contributed by atoms with van der Waals surface area (Å²) in [7, 11) is 0. The summed E-state index contributed by atoms with van der Waals surface area (Å²) >= 11 is 6.24. The first kappa shape index (κ1) is 18.6. The number of rotatable bonds is 7. The summed E-state index contributed by atoms with van der Waals surface area (Å²) in [4.78, 5) is 23.4. The number of carbonyl (C=O) groups is 2. The molecule has 2 saturated carbocycles. The van der Waals surface area contributed by atoms with E-state index in [-0.39, 0.29) is 36.1 Å². The Morgan fingerprint density at radius 3 is 2.00 bits per heavy atom. The normalized spacial score (nSPS) is 25.8. The number of esters is 2. The highest BCUT2D eigenvalue weighted by Crippen LogP contribution is 2.29. The summed E-state index contributed by atoms with van der Waals surface area (Å²) in [6, 6.07) is 0. The molecule has 0 N–H and O–H groups in total. The van der Waals surface area contributed by atoms with Crippen molar-refractivity contribution in [2.24, 2.45) is 11.8 Å². The van der Waals surface area contributed by atoms with Gasteiger partial charge in [-0.25, -0.2) is 0 Å². The third-order valence-corrected chi connectivity index (χ3v) is 5.59. The van der Waals surface area contributed by atoms with Crippen LogP contribution in [0.25, 0.3) is 0 Å². The molecule has 0 saturated heterocycles. The van der Waals surface area contributed by atoms with Crippen LogP contribution in [0, 0.1) is 11.8 Å². The Balaban J connectivity index is 1.53. The highest BCUT2D eigenvalue weighted by Gasteiger charge is 2.24. The molecule has 4 nitrogen and oxygen atoms in total. The molecule has 0 aliphatic heterocycles.